The first-order valence-corrected chi connectivity index (χ1v) is 13.0. The molecule has 0 aromatic rings. The molecule has 6 nitrogen and oxygen atoms in total. The molecule has 2 aliphatic rings. The molecule has 2 amide bonds. The summed E-state index contributed by atoms with van der Waals surface area (Å²) < 4.78 is 11.8. The molecule has 1 unspecified atom stereocenters. The topological polar surface area (TPSA) is 67.9 Å². The van der Waals surface area contributed by atoms with Crippen molar-refractivity contribution in [3.63, 3.8) is 0 Å². The van der Waals surface area contributed by atoms with Crippen LogP contribution in [0.25, 0.3) is 0 Å². The van der Waals surface area contributed by atoms with E-state index in [1.165, 1.54) is 0 Å². The van der Waals surface area contributed by atoms with Gasteiger partial charge in [-0.1, -0.05) is 20.8 Å². The van der Waals surface area contributed by atoms with Crippen LogP contribution >= 0.6 is 0 Å². The molecular formula is C20H38N2O4Si. The number of rotatable bonds is 3. The second kappa shape index (κ2) is 7.39. The number of hydrogen-bond acceptors (Lipinski definition) is 4. The number of amides is 2. The summed E-state index contributed by atoms with van der Waals surface area (Å²) in [6, 6.07) is 0.0692. The Labute approximate surface area is 165 Å². The SMILES string of the molecule is CC(C)(C)OC(=O)N1CCC2(CC1)CC(CO[Si](C)(C)C(C)(C)C)NC2=O. The van der Waals surface area contributed by atoms with E-state index in [4.69, 9.17) is 9.16 Å². The Morgan fingerprint density at radius 2 is 1.74 bits per heavy atom. The third-order valence-electron chi connectivity index (χ3n) is 6.28. The van der Waals surface area contributed by atoms with Gasteiger partial charge in [0.2, 0.25) is 5.91 Å². The molecule has 0 saturated carbocycles. The fourth-order valence-corrected chi connectivity index (χ4v) is 4.51. The van der Waals surface area contributed by atoms with E-state index in [9.17, 15) is 9.59 Å². The van der Waals surface area contributed by atoms with Gasteiger partial charge < -0.3 is 19.4 Å². The van der Waals surface area contributed by atoms with Crippen LogP contribution in [-0.4, -0.2) is 56.6 Å². The fraction of sp³-hybridized carbons (Fsp3) is 0.900. The Balaban J connectivity index is 1.90. The molecule has 1 spiro atoms. The third kappa shape index (κ3) is 5.25. The Bertz CT molecular complexity index is 570. The monoisotopic (exact) mass is 398 g/mol. The first-order chi connectivity index (χ1) is 12.2. The lowest BCUT2D eigenvalue weighted by Gasteiger charge is -2.38. The van der Waals surface area contributed by atoms with Gasteiger partial charge in [-0.3, -0.25) is 4.79 Å². The maximum absolute atomic E-state index is 12.7. The smallest absolute Gasteiger partial charge is 0.410 e. The van der Waals surface area contributed by atoms with Gasteiger partial charge in [0.05, 0.1) is 18.1 Å². The minimum atomic E-state index is -1.83. The van der Waals surface area contributed by atoms with Gasteiger partial charge in [0, 0.05) is 13.1 Å². The van der Waals surface area contributed by atoms with Crippen molar-refractivity contribution in [2.75, 3.05) is 19.7 Å². The minimum absolute atomic E-state index is 0.0692. The number of nitrogens with one attached hydrogen (secondary N) is 1. The molecule has 2 aliphatic heterocycles. The van der Waals surface area contributed by atoms with E-state index < -0.39 is 13.9 Å². The number of carbonyl (C=O) groups is 2. The Kier molecular flexibility index (Phi) is 6.08. The van der Waals surface area contributed by atoms with Crippen molar-refractivity contribution < 1.29 is 18.8 Å². The standard InChI is InChI=1S/C20H38N2O4Si/c1-18(2,3)26-17(24)22-11-9-20(10-12-22)13-15(21-16(20)23)14-25-27(7,8)19(4,5)6/h15H,9-14H2,1-8H3,(H,21,23). The number of carbonyl (C=O) groups excluding carboxylic acids is 2. The fourth-order valence-electron chi connectivity index (χ4n) is 3.45. The zero-order valence-electron chi connectivity index (χ0n) is 18.4. The number of piperidine rings is 1. The summed E-state index contributed by atoms with van der Waals surface area (Å²) in [6.45, 7) is 18.5. The summed E-state index contributed by atoms with van der Waals surface area (Å²) in [4.78, 5) is 26.7. The molecule has 0 radical (unpaired) electrons. The summed E-state index contributed by atoms with van der Waals surface area (Å²) in [7, 11) is -1.83. The molecule has 0 aromatic carbocycles. The summed E-state index contributed by atoms with van der Waals surface area (Å²) >= 11 is 0. The van der Waals surface area contributed by atoms with Crippen molar-refractivity contribution in [3.05, 3.63) is 0 Å². The van der Waals surface area contributed by atoms with Gasteiger partial charge in [0.1, 0.15) is 5.60 Å². The molecule has 0 aromatic heterocycles. The predicted molar refractivity (Wildman–Crippen MR) is 109 cm³/mol. The van der Waals surface area contributed by atoms with Gasteiger partial charge in [-0.2, -0.15) is 0 Å². The highest BCUT2D eigenvalue weighted by atomic mass is 28.4. The molecule has 27 heavy (non-hydrogen) atoms. The summed E-state index contributed by atoms with van der Waals surface area (Å²) in [5.74, 6) is 0.121. The average Bonchev–Trinajstić information content (AvgIpc) is 2.79. The van der Waals surface area contributed by atoms with Gasteiger partial charge in [-0.25, -0.2) is 4.79 Å². The van der Waals surface area contributed by atoms with Crippen LogP contribution < -0.4 is 5.32 Å². The van der Waals surface area contributed by atoms with Crippen molar-refractivity contribution in [3.8, 4) is 0 Å². The number of hydrogen-bond donors (Lipinski definition) is 1. The van der Waals surface area contributed by atoms with Gasteiger partial charge in [-0.15, -0.1) is 0 Å². The average molecular weight is 399 g/mol. The molecule has 2 saturated heterocycles. The third-order valence-corrected chi connectivity index (χ3v) is 10.8. The van der Waals surface area contributed by atoms with Gasteiger partial charge >= 0.3 is 6.09 Å². The second-order valence-corrected chi connectivity index (χ2v) is 15.5. The quantitative estimate of drug-likeness (QED) is 0.732. The molecule has 1 atom stereocenters. The number of nitrogens with zero attached hydrogens (tertiary/aromatic N) is 1. The van der Waals surface area contributed by atoms with Crippen molar-refractivity contribution in [1.29, 1.82) is 0 Å². The molecule has 0 aliphatic carbocycles. The normalized spacial score (nSPS) is 23.5. The van der Waals surface area contributed by atoms with E-state index in [1.807, 2.05) is 20.8 Å². The van der Waals surface area contributed by atoms with Crippen molar-refractivity contribution in [2.24, 2.45) is 5.41 Å². The van der Waals surface area contributed by atoms with Crippen LogP contribution in [0.2, 0.25) is 18.1 Å². The molecular weight excluding hydrogens is 360 g/mol. The zero-order chi connectivity index (χ0) is 20.7. The van der Waals surface area contributed by atoms with Crippen LogP contribution in [0.15, 0.2) is 0 Å². The van der Waals surface area contributed by atoms with E-state index in [0.717, 1.165) is 6.42 Å². The van der Waals surface area contributed by atoms with Gasteiger partial charge in [-0.05, 0) is 58.2 Å². The van der Waals surface area contributed by atoms with Gasteiger partial charge in [0.15, 0.2) is 8.32 Å². The molecule has 2 fully saturated rings. The highest BCUT2D eigenvalue weighted by Crippen LogP contribution is 2.42. The molecule has 2 heterocycles. The summed E-state index contributed by atoms with van der Waals surface area (Å²) in [6.07, 6.45) is 1.89. The van der Waals surface area contributed by atoms with Crippen molar-refractivity contribution >= 4 is 20.3 Å². The minimum Gasteiger partial charge on any atom is -0.444 e. The van der Waals surface area contributed by atoms with Crippen LogP contribution in [0.5, 0.6) is 0 Å². The summed E-state index contributed by atoms with van der Waals surface area (Å²) in [5.41, 5.74) is -0.858. The van der Waals surface area contributed by atoms with Crippen LogP contribution in [0.4, 0.5) is 4.79 Å². The van der Waals surface area contributed by atoms with Crippen LogP contribution in [-0.2, 0) is 14.0 Å². The zero-order valence-corrected chi connectivity index (χ0v) is 19.4. The van der Waals surface area contributed by atoms with E-state index in [-0.39, 0.29) is 28.5 Å². The van der Waals surface area contributed by atoms with Crippen molar-refractivity contribution in [2.45, 2.75) is 90.6 Å². The lowest BCUT2D eigenvalue weighted by molar-refractivity contribution is -0.130. The lowest BCUT2D eigenvalue weighted by Crippen LogP contribution is -2.47. The van der Waals surface area contributed by atoms with Crippen molar-refractivity contribution in [1.82, 2.24) is 10.2 Å². The highest BCUT2D eigenvalue weighted by Gasteiger charge is 2.49. The van der Waals surface area contributed by atoms with Gasteiger partial charge in [0.25, 0.3) is 0 Å². The maximum atomic E-state index is 12.7. The number of ether oxygens (including phenoxy) is 1. The Morgan fingerprint density at radius 3 is 2.22 bits per heavy atom. The molecule has 156 valence electrons. The maximum Gasteiger partial charge on any atom is 0.410 e. The van der Waals surface area contributed by atoms with E-state index in [1.54, 1.807) is 4.90 Å². The van der Waals surface area contributed by atoms with E-state index in [2.05, 4.69) is 39.2 Å². The number of likely N-dealkylation sites (tertiary alicyclic amines) is 1. The molecule has 2 rings (SSSR count). The first kappa shape index (κ1) is 22.2. The van der Waals surface area contributed by atoms with E-state index >= 15 is 0 Å². The van der Waals surface area contributed by atoms with E-state index in [0.29, 0.717) is 32.5 Å². The highest BCUT2D eigenvalue weighted by molar-refractivity contribution is 6.74. The second-order valence-electron chi connectivity index (χ2n) is 10.7. The predicted octanol–water partition coefficient (Wildman–Crippen LogP) is 3.91. The molecule has 1 N–H and O–H groups in total. The largest absolute Gasteiger partial charge is 0.444 e. The lowest BCUT2D eigenvalue weighted by atomic mass is 9.76. The van der Waals surface area contributed by atoms with Crippen LogP contribution in [0.3, 0.4) is 0 Å². The van der Waals surface area contributed by atoms with Crippen LogP contribution in [0, 0.1) is 5.41 Å². The molecule has 7 heteroatoms. The molecule has 0 bridgehead atoms. The Morgan fingerprint density at radius 1 is 1.19 bits per heavy atom. The Hall–Kier alpha value is -1.08. The van der Waals surface area contributed by atoms with Crippen LogP contribution in [0.1, 0.15) is 60.8 Å². The summed E-state index contributed by atoms with van der Waals surface area (Å²) in [5, 5.41) is 3.30. The first-order valence-electron chi connectivity index (χ1n) is 10.1.